The van der Waals surface area contributed by atoms with Gasteiger partial charge in [0.05, 0.1) is 5.92 Å². The van der Waals surface area contributed by atoms with Crippen LogP contribution in [0.15, 0.2) is 0 Å². The van der Waals surface area contributed by atoms with Gasteiger partial charge in [0.1, 0.15) is 0 Å². The first-order valence-corrected chi connectivity index (χ1v) is 3.08. The van der Waals surface area contributed by atoms with Crippen molar-refractivity contribution in [1.29, 1.82) is 0 Å². The molecule has 1 aliphatic carbocycles. The van der Waals surface area contributed by atoms with Crippen molar-refractivity contribution in [3.8, 4) is 0 Å². The van der Waals surface area contributed by atoms with E-state index in [1.807, 2.05) is 0 Å². The predicted octanol–water partition coefficient (Wildman–Crippen LogP) is 2.59. The van der Waals surface area contributed by atoms with Crippen LogP contribution < -0.4 is 0 Å². The summed E-state index contributed by atoms with van der Waals surface area (Å²) in [5.41, 5.74) is 0. The van der Waals surface area contributed by atoms with E-state index in [0.29, 0.717) is 6.42 Å². The van der Waals surface area contributed by atoms with Crippen molar-refractivity contribution < 1.29 is 13.2 Å². The minimum atomic E-state index is -3.93. The fourth-order valence-corrected chi connectivity index (χ4v) is 1.15. The van der Waals surface area contributed by atoms with Crippen LogP contribution in [-0.2, 0) is 0 Å². The van der Waals surface area contributed by atoms with Gasteiger partial charge in [0, 0.05) is 0 Å². The number of alkyl halides is 3. The van der Waals surface area contributed by atoms with Crippen molar-refractivity contribution in [2.45, 2.75) is 25.9 Å². The highest BCUT2D eigenvalue weighted by Crippen LogP contribution is 2.44. The molecule has 0 bridgehead atoms. The van der Waals surface area contributed by atoms with Gasteiger partial charge < -0.3 is 0 Å². The SMILES string of the molecule is C[C@H]1CCC1C(F)(F)F. The molecule has 2 atom stereocenters. The van der Waals surface area contributed by atoms with Crippen LogP contribution in [0.5, 0.6) is 0 Å². The summed E-state index contributed by atoms with van der Waals surface area (Å²) in [6, 6.07) is 0. The second-order valence-corrected chi connectivity index (χ2v) is 2.70. The van der Waals surface area contributed by atoms with Crippen molar-refractivity contribution in [1.82, 2.24) is 0 Å². The molecule has 9 heavy (non-hydrogen) atoms. The van der Waals surface area contributed by atoms with Gasteiger partial charge in [-0.15, -0.1) is 0 Å². The molecular formula is C6H9F3. The monoisotopic (exact) mass is 138 g/mol. The van der Waals surface area contributed by atoms with Gasteiger partial charge >= 0.3 is 6.18 Å². The van der Waals surface area contributed by atoms with Crippen LogP contribution in [0.2, 0.25) is 0 Å². The molecule has 0 aromatic heterocycles. The van der Waals surface area contributed by atoms with Crippen LogP contribution in [0.3, 0.4) is 0 Å². The summed E-state index contributed by atoms with van der Waals surface area (Å²) in [6.07, 6.45) is -2.85. The van der Waals surface area contributed by atoms with Crippen LogP contribution in [0, 0.1) is 11.8 Å². The second-order valence-electron chi connectivity index (χ2n) is 2.70. The van der Waals surface area contributed by atoms with Gasteiger partial charge in [-0.05, 0) is 18.8 Å². The van der Waals surface area contributed by atoms with Crippen LogP contribution >= 0.6 is 0 Å². The summed E-state index contributed by atoms with van der Waals surface area (Å²) in [5, 5.41) is 0. The first kappa shape index (κ1) is 6.90. The van der Waals surface area contributed by atoms with Gasteiger partial charge in [-0.1, -0.05) is 6.92 Å². The number of halogens is 3. The molecule has 54 valence electrons. The third-order valence-corrected chi connectivity index (χ3v) is 2.04. The Balaban J connectivity index is 2.44. The van der Waals surface area contributed by atoms with E-state index >= 15 is 0 Å². The fourth-order valence-electron chi connectivity index (χ4n) is 1.15. The smallest absolute Gasteiger partial charge is 0.171 e. The lowest BCUT2D eigenvalue weighted by Gasteiger charge is -2.35. The number of hydrogen-bond acceptors (Lipinski definition) is 0. The molecule has 1 saturated carbocycles. The van der Waals surface area contributed by atoms with E-state index in [1.54, 1.807) is 6.92 Å². The molecule has 0 aromatic rings. The summed E-state index contributed by atoms with van der Waals surface area (Å²) in [6.45, 7) is 1.65. The van der Waals surface area contributed by atoms with Crippen molar-refractivity contribution in [2.24, 2.45) is 11.8 Å². The Hall–Kier alpha value is -0.210. The molecule has 0 saturated heterocycles. The lowest BCUT2D eigenvalue weighted by Crippen LogP contribution is -2.36. The Morgan fingerprint density at radius 3 is 1.78 bits per heavy atom. The van der Waals surface area contributed by atoms with E-state index < -0.39 is 12.1 Å². The zero-order chi connectivity index (χ0) is 7.07. The highest BCUT2D eigenvalue weighted by molar-refractivity contribution is 4.82. The van der Waals surface area contributed by atoms with E-state index in [0.717, 1.165) is 6.42 Å². The van der Waals surface area contributed by atoms with E-state index in [-0.39, 0.29) is 5.92 Å². The van der Waals surface area contributed by atoms with Crippen molar-refractivity contribution in [3.05, 3.63) is 0 Å². The molecule has 0 N–H and O–H groups in total. The van der Waals surface area contributed by atoms with Gasteiger partial charge in [0.15, 0.2) is 0 Å². The number of hydrogen-bond donors (Lipinski definition) is 0. The van der Waals surface area contributed by atoms with E-state index in [2.05, 4.69) is 0 Å². The lowest BCUT2D eigenvalue weighted by molar-refractivity contribution is -0.210. The van der Waals surface area contributed by atoms with Gasteiger partial charge in [-0.3, -0.25) is 0 Å². The zero-order valence-electron chi connectivity index (χ0n) is 5.20. The fraction of sp³-hybridized carbons (Fsp3) is 1.00. The van der Waals surface area contributed by atoms with Gasteiger partial charge in [0.2, 0.25) is 0 Å². The molecule has 3 heteroatoms. The maximum Gasteiger partial charge on any atom is 0.392 e. The third kappa shape index (κ3) is 1.19. The molecule has 0 aliphatic heterocycles. The highest BCUT2D eigenvalue weighted by atomic mass is 19.4. The summed E-state index contributed by atoms with van der Waals surface area (Å²) >= 11 is 0. The quantitative estimate of drug-likeness (QED) is 0.482. The maximum absolute atomic E-state index is 11.8. The predicted molar refractivity (Wildman–Crippen MR) is 27.9 cm³/mol. The largest absolute Gasteiger partial charge is 0.392 e. The molecule has 0 amide bonds. The molecule has 1 rings (SSSR count). The summed E-state index contributed by atoms with van der Waals surface area (Å²) < 4.78 is 35.3. The molecule has 1 aliphatic rings. The van der Waals surface area contributed by atoms with Gasteiger partial charge in [-0.25, -0.2) is 0 Å². The number of rotatable bonds is 0. The Morgan fingerprint density at radius 2 is 1.78 bits per heavy atom. The van der Waals surface area contributed by atoms with Crippen molar-refractivity contribution >= 4 is 0 Å². The minimum absolute atomic E-state index is 0.134. The summed E-state index contributed by atoms with van der Waals surface area (Å²) in [7, 11) is 0. The maximum atomic E-state index is 11.8. The molecule has 0 heterocycles. The normalized spacial score (nSPS) is 36.0. The Kier molecular flexibility index (Phi) is 1.45. The Labute approximate surface area is 52.1 Å². The molecular weight excluding hydrogens is 129 g/mol. The lowest BCUT2D eigenvalue weighted by atomic mass is 9.74. The zero-order valence-corrected chi connectivity index (χ0v) is 5.20. The van der Waals surface area contributed by atoms with Crippen LogP contribution in [0.4, 0.5) is 13.2 Å². The second kappa shape index (κ2) is 1.89. The van der Waals surface area contributed by atoms with E-state index in [9.17, 15) is 13.2 Å². The van der Waals surface area contributed by atoms with Crippen LogP contribution in [0.1, 0.15) is 19.8 Å². The first-order chi connectivity index (χ1) is 4.02. The van der Waals surface area contributed by atoms with Gasteiger partial charge in [-0.2, -0.15) is 13.2 Å². The molecule has 0 aromatic carbocycles. The van der Waals surface area contributed by atoms with Crippen LogP contribution in [-0.4, -0.2) is 6.18 Å². The van der Waals surface area contributed by atoms with Crippen LogP contribution in [0.25, 0.3) is 0 Å². The Morgan fingerprint density at radius 1 is 1.22 bits per heavy atom. The average Bonchev–Trinajstić information content (AvgIpc) is 1.57. The summed E-state index contributed by atoms with van der Waals surface area (Å²) in [4.78, 5) is 0. The Bertz CT molecular complexity index is 105. The van der Waals surface area contributed by atoms with Crippen molar-refractivity contribution in [2.75, 3.05) is 0 Å². The molecule has 0 spiro atoms. The molecule has 1 fully saturated rings. The molecule has 1 unspecified atom stereocenters. The average molecular weight is 138 g/mol. The topological polar surface area (TPSA) is 0 Å². The van der Waals surface area contributed by atoms with E-state index in [4.69, 9.17) is 0 Å². The standard InChI is InChI=1S/C6H9F3/c1-4-2-3-5(4)6(7,8)9/h4-5H,2-3H2,1H3/t4-,5?/m0/s1. The van der Waals surface area contributed by atoms with Gasteiger partial charge in [0.25, 0.3) is 0 Å². The summed E-state index contributed by atoms with van der Waals surface area (Å²) in [5.74, 6) is -1.14. The first-order valence-electron chi connectivity index (χ1n) is 3.08. The minimum Gasteiger partial charge on any atom is -0.171 e. The third-order valence-electron chi connectivity index (χ3n) is 2.04. The molecule has 0 nitrogen and oxygen atoms in total. The highest BCUT2D eigenvalue weighted by Gasteiger charge is 2.47. The molecule has 0 radical (unpaired) electrons. The van der Waals surface area contributed by atoms with E-state index in [1.165, 1.54) is 0 Å². The van der Waals surface area contributed by atoms with Crippen molar-refractivity contribution in [3.63, 3.8) is 0 Å².